The molecule has 0 bridgehead atoms. The molecule has 0 spiro atoms. The van der Waals surface area contributed by atoms with E-state index in [-0.39, 0.29) is 26.4 Å². The molecule has 2 unspecified atom stereocenters. The maximum absolute atomic E-state index is 11.5. The molecule has 0 aliphatic carbocycles. The molecule has 1 N–H and O–H groups in total. The van der Waals surface area contributed by atoms with Gasteiger partial charge < -0.3 is 28.8 Å². The van der Waals surface area contributed by atoms with Crippen LogP contribution in [-0.4, -0.2) is 48.4 Å². The zero-order chi connectivity index (χ0) is 25.2. The molecule has 0 radical (unpaired) electrons. The standard InChI is InChI=1S/C29H32O7/c1-21(30)32-20-25-26(33-17-22-11-5-2-6-12-22)27(34-18-23-13-7-3-8-14-23)28(29(31)36-25)35-19-24-15-9-4-10-16-24/h2-16,25-29,31H,17-20H2,1H3/t25?,26-,27+,28?,29-/m1/s1. The Morgan fingerprint density at radius 3 is 1.56 bits per heavy atom. The third-order valence-corrected chi connectivity index (χ3v) is 5.92. The first-order valence-electron chi connectivity index (χ1n) is 12.0. The Morgan fingerprint density at radius 1 is 0.694 bits per heavy atom. The summed E-state index contributed by atoms with van der Waals surface area (Å²) in [7, 11) is 0. The molecular formula is C29H32O7. The van der Waals surface area contributed by atoms with Gasteiger partial charge in [-0.2, -0.15) is 0 Å². The molecule has 3 aromatic rings. The van der Waals surface area contributed by atoms with Crippen LogP contribution < -0.4 is 0 Å². The normalized spacial score (nSPS) is 23.8. The molecule has 36 heavy (non-hydrogen) atoms. The van der Waals surface area contributed by atoms with Crippen molar-refractivity contribution < 1.29 is 33.6 Å². The lowest BCUT2D eigenvalue weighted by atomic mass is 9.98. The molecule has 7 heteroatoms. The van der Waals surface area contributed by atoms with Gasteiger partial charge in [0, 0.05) is 6.92 Å². The van der Waals surface area contributed by atoms with Crippen molar-refractivity contribution in [1.29, 1.82) is 0 Å². The number of benzene rings is 3. The predicted octanol–water partition coefficient (Wildman–Crippen LogP) is 4.02. The number of carbonyl (C=O) groups excluding carboxylic acids is 1. The summed E-state index contributed by atoms with van der Waals surface area (Å²) in [5.41, 5.74) is 2.90. The van der Waals surface area contributed by atoms with Crippen LogP contribution in [0.4, 0.5) is 0 Å². The van der Waals surface area contributed by atoms with Crippen LogP contribution in [-0.2, 0) is 48.3 Å². The number of carbonyl (C=O) groups is 1. The number of hydrogen-bond donors (Lipinski definition) is 1. The molecule has 0 amide bonds. The minimum absolute atomic E-state index is 0.0809. The third-order valence-electron chi connectivity index (χ3n) is 5.92. The van der Waals surface area contributed by atoms with Gasteiger partial charge >= 0.3 is 5.97 Å². The first kappa shape index (κ1) is 26.0. The molecule has 7 nitrogen and oxygen atoms in total. The minimum Gasteiger partial charge on any atom is -0.463 e. The summed E-state index contributed by atoms with van der Waals surface area (Å²) in [6.07, 6.45) is -4.24. The molecular weight excluding hydrogens is 460 g/mol. The predicted molar refractivity (Wildman–Crippen MR) is 133 cm³/mol. The van der Waals surface area contributed by atoms with E-state index in [0.717, 1.165) is 16.7 Å². The molecule has 4 rings (SSSR count). The Balaban J connectivity index is 1.57. The Kier molecular flexibility index (Phi) is 9.61. The molecule has 1 heterocycles. The fourth-order valence-corrected chi connectivity index (χ4v) is 4.10. The average molecular weight is 493 g/mol. The van der Waals surface area contributed by atoms with E-state index in [2.05, 4.69) is 0 Å². The van der Waals surface area contributed by atoms with Crippen LogP contribution in [0.5, 0.6) is 0 Å². The number of aliphatic hydroxyl groups excluding tert-OH is 1. The molecule has 3 aromatic carbocycles. The molecule has 1 aliphatic rings. The molecule has 1 fully saturated rings. The monoisotopic (exact) mass is 492 g/mol. The quantitative estimate of drug-likeness (QED) is 0.405. The lowest BCUT2D eigenvalue weighted by molar-refractivity contribution is -0.315. The first-order valence-corrected chi connectivity index (χ1v) is 12.0. The van der Waals surface area contributed by atoms with E-state index < -0.39 is 36.7 Å². The molecule has 190 valence electrons. The average Bonchev–Trinajstić information content (AvgIpc) is 2.91. The molecule has 0 saturated carbocycles. The van der Waals surface area contributed by atoms with Gasteiger partial charge in [0.25, 0.3) is 0 Å². The van der Waals surface area contributed by atoms with Crippen molar-refractivity contribution in [3.63, 3.8) is 0 Å². The van der Waals surface area contributed by atoms with Crippen molar-refractivity contribution in [2.24, 2.45) is 0 Å². The lowest BCUT2D eigenvalue weighted by Gasteiger charge is -2.44. The van der Waals surface area contributed by atoms with Crippen LogP contribution in [0.2, 0.25) is 0 Å². The van der Waals surface area contributed by atoms with Gasteiger partial charge in [-0.3, -0.25) is 4.79 Å². The van der Waals surface area contributed by atoms with E-state index in [1.807, 2.05) is 91.0 Å². The van der Waals surface area contributed by atoms with Gasteiger partial charge in [-0.25, -0.2) is 0 Å². The number of rotatable bonds is 11. The van der Waals surface area contributed by atoms with Crippen LogP contribution >= 0.6 is 0 Å². The summed E-state index contributed by atoms with van der Waals surface area (Å²) in [6.45, 7) is 2.08. The summed E-state index contributed by atoms with van der Waals surface area (Å²) in [6, 6.07) is 29.2. The highest BCUT2D eigenvalue weighted by Gasteiger charge is 2.48. The second-order valence-electron chi connectivity index (χ2n) is 8.65. The second kappa shape index (κ2) is 13.3. The zero-order valence-electron chi connectivity index (χ0n) is 20.3. The van der Waals surface area contributed by atoms with Gasteiger partial charge in [-0.15, -0.1) is 0 Å². The second-order valence-corrected chi connectivity index (χ2v) is 8.65. The van der Waals surface area contributed by atoms with E-state index in [0.29, 0.717) is 0 Å². The van der Waals surface area contributed by atoms with Crippen molar-refractivity contribution in [2.75, 3.05) is 6.61 Å². The number of hydrogen-bond acceptors (Lipinski definition) is 7. The maximum atomic E-state index is 11.5. The largest absolute Gasteiger partial charge is 0.463 e. The van der Waals surface area contributed by atoms with E-state index >= 15 is 0 Å². The SMILES string of the molecule is CC(=O)OCC1O[C@@H](O)C(OCc2ccccc2)[C@@H](OCc2ccccc2)[C@@H]1OCc1ccccc1. The van der Waals surface area contributed by atoms with E-state index in [1.165, 1.54) is 6.92 Å². The first-order chi connectivity index (χ1) is 17.6. The summed E-state index contributed by atoms with van der Waals surface area (Å²) < 4.78 is 29.9. The van der Waals surface area contributed by atoms with Crippen molar-refractivity contribution in [3.05, 3.63) is 108 Å². The lowest BCUT2D eigenvalue weighted by Crippen LogP contribution is -2.61. The van der Waals surface area contributed by atoms with Crippen LogP contribution in [0.3, 0.4) is 0 Å². The van der Waals surface area contributed by atoms with E-state index in [1.54, 1.807) is 0 Å². The highest BCUT2D eigenvalue weighted by Crippen LogP contribution is 2.30. The smallest absolute Gasteiger partial charge is 0.302 e. The fraction of sp³-hybridized carbons (Fsp3) is 0.345. The Hall–Kier alpha value is -3.07. The van der Waals surface area contributed by atoms with E-state index in [4.69, 9.17) is 23.7 Å². The van der Waals surface area contributed by atoms with Crippen molar-refractivity contribution in [1.82, 2.24) is 0 Å². The molecule has 0 aromatic heterocycles. The topological polar surface area (TPSA) is 83.5 Å². The fourth-order valence-electron chi connectivity index (χ4n) is 4.10. The summed E-state index contributed by atoms with van der Waals surface area (Å²) in [5, 5.41) is 10.9. The van der Waals surface area contributed by atoms with Gasteiger partial charge in [0.15, 0.2) is 6.29 Å². The summed E-state index contributed by atoms with van der Waals surface area (Å²) in [4.78, 5) is 11.5. The highest BCUT2D eigenvalue weighted by molar-refractivity contribution is 5.65. The number of esters is 1. The summed E-state index contributed by atoms with van der Waals surface area (Å²) in [5.74, 6) is -0.445. The number of aliphatic hydroxyl groups is 1. The Morgan fingerprint density at radius 2 is 1.11 bits per heavy atom. The van der Waals surface area contributed by atoms with Crippen LogP contribution in [0.15, 0.2) is 91.0 Å². The van der Waals surface area contributed by atoms with Crippen LogP contribution in [0.1, 0.15) is 23.6 Å². The zero-order valence-corrected chi connectivity index (χ0v) is 20.3. The highest BCUT2D eigenvalue weighted by atomic mass is 16.7. The van der Waals surface area contributed by atoms with Gasteiger partial charge in [0.05, 0.1) is 19.8 Å². The molecule has 1 aliphatic heterocycles. The van der Waals surface area contributed by atoms with Gasteiger partial charge in [-0.1, -0.05) is 91.0 Å². The maximum Gasteiger partial charge on any atom is 0.302 e. The van der Waals surface area contributed by atoms with E-state index in [9.17, 15) is 9.90 Å². The van der Waals surface area contributed by atoms with Gasteiger partial charge in [0.1, 0.15) is 31.0 Å². The number of ether oxygens (including phenoxy) is 5. The summed E-state index contributed by atoms with van der Waals surface area (Å²) >= 11 is 0. The Bertz CT molecular complexity index is 1040. The van der Waals surface area contributed by atoms with Crippen molar-refractivity contribution in [2.45, 2.75) is 57.5 Å². The van der Waals surface area contributed by atoms with Gasteiger partial charge in [0.2, 0.25) is 0 Å². The third kappa shape index (κ3) is 7.46. The molecule has 5 atom stereocenters. The molecule has 1 saturated heterocycles. The van der Waals surface area contributed by atoms with Crippen LogP contribution in [0, 0.1) is 0 Å². The van der Waals surface area contributed by atoms with Crippen LogP contribution in [0.25, 0.3) is 0 Å². The Labute approximate surface area is 211 Å². The van der Waals surface area contributed by atoms with Crippen molar-refractivity contribution >= 4 is 5.97 Å². The van der Waals surface area contributed by atoms with Crippen molar-refractivity contribution in [3.8, 4) is 0 Å². The minimum atomic E-state index is -1.30. The van der Waals surface area contributed by atoms with Gasteiger partial charge in [-0.05, 0) is 16.7 Å².